The molecule has 10 heteroatoms. The van der Waals surface area contributed by atoms with E-state index in [2.05, 4.69) is 39.2 Å². The fraction of sp³-hybridized carbons (Fsp3) is 0.533. The van der Waals surface area contributed by atoms with E-state index >= 15 is 0 Å². The van der Waals surface area contributed by atoms with Crippen LogP contribution in [0, 0.1) is 23.2 Å². The van der Waals surface area contributed by atoms with Crippen LogP contribution in [0.25, 0.3) is 0 Å². The van der Waals surface area contributed by atoms with Crippen LogP contribution in [0.1, 0.15) is 51.1 Å². The van der Waals surface area contributed by atoms with Gasteiger partial charge >= 0.3 is 0 Å². The second kappa shape index (κ2) is 13.9. The Kier molecular flexibility index (Phi) is 10.4. The van der Waals surface area contributed by atoms with Crippen LogP contribution in [-0.2, 0) is 4.79 Å². The molecule has 2 aliphatic rings. The number of hydrogen-bond acceptors (Lipinski definition) is 8. The molecule has 2 aliphatic heterocycles. The summed E-state index contributed by atoms with van der Waals surface area (Å²) in [5.41, 5.74) is 3.01. The molecule has 4 unspecified atom stereocenters. The van der Waals surface area contributed by atoms with Crippen molar-refractivity contribution in [1.29, 1.82) is 5.26 Å². The number of nitriles is 1. The van der Waals surface area contributed by atoms with Crippen molar-refractivity contribution in [3.63, 3.8) is 0 Å². The zero-order chi connectivity index (χ0) is 28.6. The highest BCUT2D eigenvalue weighted by Gasteiger charge is 2.32. The highest BCUT2D eigenvalue weighted by molar-refractivity contribution is 6.33. The Morgan fingerprint density at radius 3 is 2.77 bits per heavy atom. The smallest absolute Gasteiger partial charge is 0.224 e. The quantitative estimate of drug-likeness (QED) is 0.283. The first-order valence-corrected chi connectivity index (χ1v) is 14.5. The van der Waals surface area contributed by atoms with E-state index in [9.17, 15) is 10.1 Å². The van der Waals surface area contributed by atoms with E-state index in [1.807, 2.05) is 51.4 Å². The minimum absolute atomic E-state index is 0.0426. The lowest BCUT2D eigenvalue weighted by Gasteiger charge is -2.33. The average Bonchev–Trinajstić information content (AvgIpc) is 2.92. The molecule has 4 rings (SSSR count). The average molecular weight is 569 g/mol. The molecule has 0 aromatic heterocycles. The summed E-state index contributed by atoms with van der Waals surface area (Å²) < 4.78 is 12.0. The highest BCUT2D eigenvalue weighted by atomic mass is 35.5. The summed E-state index contributed by atoms with van der Waals surface area (Å²) in [6, 6.07) is 11.5. The lowest BCUT2D eigenvalue weighted by Crippen LogP contribution is -2.44. The predicted octanol–water partition coefficient (Wildman–Crippen LogP) is 5.46. The summed E-state index contributed by atoms with van der Waals surface area (Å²) in [6.07, 6.45) is 3.39. The number of fused-ring (bicyclic) bond motifs is 1. The Morgan fingerprint density at radius 1 is 1.25 bits per heavy atom. The van der Waals surface area contributed by atoms with Crippen LogP contribution in [0.15, 0.2) is 30.3 Å². The standard InChI is InChI=1S/C30H41ClN6O3/c1-5-39-27-16-25-22(15-26(27)35-28(38)9-7-13-37(3)4)29(20(17-32)18-34-25)36-24-11-10-21(14-23(24)31)40-30-19(2)8-6-12-33-30/h10-11,14-16,19-20,29-30,33-34,36H,5-9,12-13,18H2,1-4H3,(H,35,38). The third-order valence-corrected chi connectivity index (χ3v) is 7.68. The van der Waals surface area contributed by atoms with E-state index in [-0.39, 0.29) is 24.1 Å². The number of halogens is 1. The normalized spacial score (nSPS) is 22.0. The summed E-state index contributed by atoms with van der Waals surface area (Å²) in [4.78, 5) is 14.8. The molecule has 2 heterocycles. The van der Waals surface area contributed by atoms with Crippen LogP contribution >= 0.6 is 11.6 Å². The summed E-state index contributed by atoms with van der Waals surface area (Å²) >= 11 is 6.72. The van der Waals surface area contributed by atoms with Gasteiger partial charge in [0.15, 0.2) is 6.23 Å². The number of anilines is 3. The van der Waals surface area contributed by atoms with Gasteiger partial charge in [0, 0.05) is 42.3 Å². The largest absolute Gasteiger partial charge is 0.492 e. The molecule has 0 saturated carbocycles. The van der Waals surface area contributed by atoms with Gasteiger partial charge in [0.05, 0.1) is 41.0 Å². The summed E-state index contributed by atoms with van der Waals surface area (Å²) in [5.74, 6) is 1.26. The van der Waals surface area contributed by atoms with Gasteiger partial charge in [-0.3, -0.25) is 10.1 Å². The van der Waals surface area contributed by atoms with Crippen molar-refractivity contribution in [3.05, 3.63) is 40.9 Å². The molecule has 1 saturated heterocycles. The molecular weight excluding hydrogens is 528 g/mol. The van der Waals surface area contributed by atoms with Gasteiger partial charge in [-0.2, -0.15) is 5.26 Å². The van der Waals surface area contributed by atoms with Crippen molar-refractivity contribution in [2.24, 2.45) is 11.8 Å². The van der Waals surface area contributed by atoms with Crippen LogP contribution in [-0.4, -0.2) is 57.4 Å². The summed E-state index contributed by atoms with van der Waals surface area (Å²) in [6.45, 7) is 6.79. The van der Waals surface area contributed by atoms with Crippen molar-refractivity contribution in [1.82, 2.24) is 10.2 Å². The number of carbonyl (C=O) groups excluding carboxylic acids is 1. The molecular formula is C30H41ClN6O3. The monoisotopic (exact) mass is 568 g/mol. The molecule has 0 aliphatic carbocycles. The van der Waals surface area contributed by atoms with Crippen molar-refractivity contribution >= 4 is 34.6 Å². The van der Waals surface area contributed by atoms with Gasteiger partial charge in [0.2, 0.25) is 5.91 Å². The van der Waals surface area contributed by atoms with Gasteiger partial charge in [-0.25, -0.2) is 0 Å². The zero-order valence-electron chi connectivity index (χ0n) is 23.9. The molecule has 40 heavy (non-hydrogen) atoms. The number of carbonyl (C=O) groups is 1. The maximum Gasteiger partial charge on any atom is 0.224 e. The molecule has 1 fully saturated rings. The number of hydrogen-bond donors (Lipinski definition) is 4. The lowest BCUT2D eigenvalue weighted by molar-refractivity contribution is -0.116. The first-order chi connectivity index (χ1) is 19.3. The predicted molar refractivity (Wildman–Crippen MR) is 160 cm³/mol. The SMILES string of the molecule is CCOc1cc2c(cc1NC(=O)CCCN(C)C)C(Nc1ccc(OC3NCCCC3C)cc1Cl)C(C#N)CN2. The molecule has 0 spiro atoms. The second-order valence-corrected chi connectivity index (χ2v) is 11.2. The van der Waals surface area contributed by atoms with Crippen LogP contribution in [0.4, 0.5) is 17.1 Å². The minimum atomic E-state index is -0.367. The second-order valence-electron chi connectivity index (χ2n) is 10.8. The molecule has 0 bridgehead atoms. The Morgan fingerprint density at radius 2 is 2.08 bits per heavy atom. The summed E-state index contributed by atoms with van der Waals surface area (Å²) in [7, 11) is 3.98. The van der Waals surface area contributed by atoms with Crippen molar-refractivity contribution < 1.29 is 14.3 Å². The molecule has 9 nitrogen and oxygen atoms in total. The fourth-order valence-electron chi connectivity index (χ4n) is 5.18. The molecule has 2 aromatic rings. The first kappa shape index (κ1) is 29.8. The Balaban J connectivity index is 1.56. The Bertz CT molecular complexity index is 1220. The van der Waals surface area contributed by atoms with Gasteiger partial charge in [-0.1, -0.05) is 18.5 Å². The van der Waals surface area contributed by atoms with E-state index in [4.69, 9.17) is 21.1 Å². The van der Waals surface area contributed by atoms with Crippen molar-refractivity contribution in [2.45, 2.75) is 51.8 Å². The van der Waals surface area contributed by atoms with Crippen molar-refractivity contribution in [2.75, 3.05) is 56.3 Å². The molecule has 216 valence electrons. The number of amides is 1. The third kappa shape index (κ3) is 7.51. The van der Waals surface area contributed by atoms with E-state index in [1.165, 1.54) is 0 Å². The van der Waals surface area contributed by atoms with Gasteiger partial charge in [0.1, 0.15) is 11.5 Å². The highest BCUT2D eigenvalue weighted by Crippen LogP contribution is 2.43. The van der Waals surface area contributed by atoms with Gasteiger partial charge in [0.25, 0.3) is 0 Å². The maximum atomic E-state index is 12.7. The van der Waals surface area contributed by atoms with E-state index in [0.717, 1.165) is 43.6 Å². The van der Waals surface area contributed by atoms with E-state index < -0.39 is 0 Å². The Hall–Kier alpha value is -3.19. The maximum absolute atomic E-state index is 12.7. The zero-order valence-corrected chi connectivity index (χ0v) is 24.6. The fourth-order valence-corrected chi connectivity index (χ4v) is 5.41. The van der Waals surface area contributed by atoms with Crippen LogP contribution in [0.5, 0.6) is 11.5 Å². The van der Waals surface area contributed by atoms with Gasteiger partial charge in [-0.15, -0.1) is 0 Å². The van der Waals surface area contributed by atoms with Crippen molar-refractivity contribution in [3.8, 4) is 17.6 Å². The summed E-state index contributed by atoms with van der Waals surface area (Å²) in [5, 5.41) is 23.8. The van der Waals surface area contributed by atoms with Crippen LogP contribution in [0.2, 0.25) is 5.02 Å². The number of ether oxygens (including phenoxy) is 2. The molecule has 2 aromatic carbocycles. The van der Waals surface area contributed by atoms with E-state index in [0.29, 0.717) is 53.4 Å². The van der Waals surface area contributed by atoms with Gasteiger partial charge < -0.3 is 30.3 Å². The number of rotatable bonds is 11. The Labute approximate surface area is 242 Å². The number of nitrogens with one attached hydrogen (secondary N) is 4. The number of benzene rings is 2. The topological polar surface area (TPSA) is 111 Å². The molecule has 0 radical (unpaired) electrons. The first-order valence-electron chi connectivity index (χ1n) is 14.1. The van der Waals surface area contributed by atoms with E-state index in [1.54, 1.807) is 0 Å². The minimum Gasteiger partial charge on any atom is -0.492 e. The van der Waals surface area contributed by atoms with Crippen LogP contribution in [0.3, 0.4) is 0 Å². The molecule has 4 atom stereocenters. The molecule has 1 amide bonds. The third-order valence-electron chi connectivity index (χ3n) is 7.36. The molecule has 4 N–H and O–H groups in total. The number of nitrogens with zero attached hydrogens (tertiary/aromatic N) is 2. The van der Waals surface area contributed by atoms with Gasteiger partial charge in [-0.05, 0) is 71.6 Å². The number of piperidine rings is 1. The lowest BCUT2D eigenvalue weighted by atomic mass is 9.88. The van der Waals surface area contributed by atoms with Crippen LogP contribution < -0.4 is 30.7 Å².